The Bertz CT molecular complexity index is 1670. The first-order valence-electron chi connectivity index (χ1n) is 14.6. The van der Waals surface area contributed by atoms with Gasteiger partial charge in [-0.15, -0.1) is 0 Å². The van der Waals surface area contributed by atoms with Gasteiger partial charge in [-0.25, -0.2) is 4.57 Å². The second-order valence-corrected chi connectivity index (χ2v) is 10.8. The fourth-order valence-corrected chi connectivity index (χ4v) is 5.95. The number of benzene rings is 3. The Morgan fingerprint density at radius 1 is 0.882 bits per heavy atom. The third-order valence-corrected chi connectivity index (χ3v) is 7.33. The molecular weight excluding hydrogens is 410 g/mol. The van der Waals surface area contributed by atoms with Gasteiger partial charge in [-0.2, -0.15) is 0 Å². The first-order valence-corrected chi connectivity index (χ1v) is 12.1. The average Bonchev–Trinajstić information content (AvgIpc) is 3.42. The van der Waals surface area contributed by atoms with Crippen LogP contribution in [-0.2, 0) is 26.3 Å². The van der Waals surface area contributed by atoms with Crippen molar-refractivity contribution in [1.29, 1.82) is 0 Å². The van der Waals surface area contributed by atoms with Crippen LogP contribution in [0.15, 0.2) is 60.8 Å². The summed E-state index contributed by atoms with van der Waals surface area (Å²) in [6.07, 6.45) is 1.43. The van der Waals surface area contributed by atoms with E-state index in [0.29, 0.717) is 0 Å². The quantitative estimate of drug-likeness (QED) is 0.241. The number of hydrogen-bond donors (Lipinski definition) is 0. The van der Waals surface area contributed by atoms with Crippen LogP contribution < -0.4 is 4.57 Å². The van der Waals surface area contributed by atoms with E-state index in [1.165, 1.54) is 50.1 Å². The lowest BCUT2D eigenvalue weighted by molar-refractivity contribution is -0.660. The van der Waals surface area contributed by atoms with Crippen LogP contribution in [0, 0.1) is 19.2 Å². The molecule has 0 radical (unpaired) electrons. The number of rotatable bonds is 2. The minimum atomic E-state index is -2.43. The highest BCUT2D eigenvalue weighted by Gasteiger charge is 2.35. The number of pyridine rings is 1. The summed E-state index contributed by atoms with van der Waals surface area (Å²) in [6, 6.07) is 19.1. The summed E-state index contributed by atoms with van der Waals surface area (Å²) in [5.41, 5.74) is 13.0. The van der Waals surface area contributed by atoms with E-state index in [9.17, 15) is 0 Å². The molecular formula is C33H34N+. The van der Waals surface area contributed by atoms with Gasteiger partial charge >= 0.3 is 0 Å². The third kappa shape index (κ3) is 3.17. The van der Waals surface area contributed by atoms with Gasteiger partial charge in [0.1, 0.15) is 7.05 Å². The van der Waals surface area contributed by atoms with Crippen molar-refractivity contribution in [2.45, 2.75) is 53.8 Å². The maximum atomic E-state index is 9.10. The fraction of sp³-hybridized carbons (Fsp3) is 0.303. The molecule has 2 aliphatic carbocycles. The molecule has 0 fully saturated rings. The molecule has 1 heteroatoms. The summed E-state index contributed by atoms with van der Waals surface area (Å²) >= 11 is 0. The predicted octanol–water partition coefficient (Wildman–Crippen LogP) is 7.53. The van der Waals surface area contributed by atoms with E-state index in [4.69, 9.17) is 6.85 Å². The van der Waals surface area contributed by atoms with Crippen LogP contribution in [0.1, 0.15) is 66.6 Å². The summed E-state index contributed by atoms with van der Waals surface area (Å²) in [7, 11) is 1.89. The van der Waals surface area contributed by atoms with Crippen molar-refractivity contribution >= 4 is 0 Å². The zero-order valence-corrected chi connectivity index (χ0v) is 20.6. The molecule has 0 unspecified atom stereocenters. The van der Waals surface area contributed by atoms with E-state index in [0.717, 1.165) is 24.1 Å². The van der Waals surface area contributed by atoms with Crippen LogP contribution in [0.25, 0.3) is 33.5 Å². The van der Waals surface area contributed by atoms with Gasteiger partial charge in [0, 0.05) is 18.5 Å². The normalized spacial score (nSPS) is 16.4. The van der Waals surface area contributed by atoms with E-state index in [1.807, 2.05) is 38.5 Å². The summed E-state index contributed by atoms with van der Waals surface area (Å²) in [6.45, 7) is 5.23. The molecule has 0 spiro atoms. The van der Waals surface area contributed by atoms with Gasteiger partial charge in [-0.1, -0.05) is 69.3 Å². The van der Waals surface area contributed by atoms with Crippen molar-refractivity contribution in [3.8, 4) is 33.5 Å². The second kappa shape index (κ2) is 7.40. The van der Waals surface area contributed by atoms with Gasteiger partial charge in [0.15, 0.2) is 6.20 Å². The van der Waals surface area contributed by atoms with Crippen molar-refractivity contribution in [2.75, 3.05) is 0 Å². The summed E-state index contributed by atoms with van der Waals surface area (Å²) < 4.78 is 44.8. The largest absolute Gasteiger partial charge is 0.213 e. The van der Waals surface area contributed by atoms with Gasteiger partial charge in [0.2, 0.25) is 5.69 Å². The van der Waals surface area contributed by atoms with E-state index in [1.54, 1.807) is 6.20 Å². The lowest BCUT2D eigenvalue weighted by Gasteiger charge is -2.21. The topological polar surface area (TPSA) is 3.88 Å². The van der Waals surface area contributed by atoms with Crippen molar-refractivity contribution in [2.24, 2.45) is 12.5 Å². The molecule has 1 aromatic heterocycles. The zero-order chi connectivity index (χ0) is 28.1. The molecule has 34 heavy (non-hydrogen) atoms. The monoisotopic (exact) mass is 449 g/mol. The minimum absolute atomic E-state index is 0.0693. The molecule has 170 valence electrons. The molecule has 3 aromatic carbocycles. The third-order valence-electron chi connectivity index (χ3n) is 7.33. The molecule has 0 aliphatic heterocycles. The van der Waals surface area contributed by atoms with Crippen molar-refractivity contribution in [3.63, 3.8) is 0 Å². The maximum absolute atomic E-state index is 9.10. The van der Waals surface area contributed by atoms with Crippen LogP contribution in [0.4, 0.5) is 0 Å². The minimum Gasteiger partial charge on any atom is -0.201 e. The van der Waals surface area contributed by atoms with Crippen LogP contribution in [0.5, 0.6) is 0 Å². The second-order valence-electron chi connectivity index (χ2n) is 10.8. The number of hydrogen-bond acceptors (Lipinski definition) is 0. The maximum Gasteiger partial charge on any atom is 0.213 e. The molecule has 2 aliphatic rings. The fourth-order valence-electron chi connectivity index (χ4n) is 5.95. The first kappa shape index (κ1) is 16.4. The van der Waals surface area contributed by atoms with E-state index >= 15 is 0 Å². The average molecular weight is 450 g/mol. The van der Waals surface area contributed by atoms with Gasteiger partial charge < -0.3 is 0 Å². The summed E-state index contributed by atoms with van der Waals surface area (Å²) in [5, 5.41) is 0. The predicted molar refractivity (Wildman–Crippen MR) is 142 cm³/mol. The highest BCUT2D eigenvalue weighted by Crippen LogP contribution is 2.53. The summed E-state index contributed by atoms with van der Waals surface area (Å²) in [4.78, 5) is 0. The number of aryl methyl sites for hydroxylation is 2. The Morgan fingerprint density at radius 3 is 2.09 bits per heavy atom. The van der Waals surface area contributed by atoms with E-state index in [2.05, 4.69) is 55.5 Å². The Morgan fingerprint density at radius 2 is 1.47 bits per heavy atom. The van der Waals surface area contributed by atoms with Crippen molar-refractivity contribution in [3.05, 3.63) is 99.7 Å². The van der Waals surface area contributed by atoms with Crippen molar-refractivity contribution in [1.82, 2.24) is 0 Å². The molecule has 1 heterocycles. The number of nitrogens with zero attached hydrogens (tertiary/aromatic N) is 1. The smallest absolute Gasteiger partial charge is 0.201 e. The SMILES string of the molecule is [2H]C([2H])([2H])c1c[n+](C)c(-c2c(C)c3c(c4c2Cc2ccccc2-4)-c2ccccc2C3)cc1C([2H])([2H])C(C)(C)C. The van der Waals surface area contributed by atoms with Crippen LogP contribution in [-0.4, -0.2) is 0 Å². The highest BCUT2D eigenvalue weighted by molar-refractivity contribution is 6.00. The molecule has 0 saturated heterocycles. The molecule has 6 rings (SSSR count). The standard InChI is InChI=1S/C33H34N/c1-20-19-34(6)29(17-24(20)18-33(3,4)5)30-21(2)27-15-22-11-7-9-13-25(22)31(27)32-26-14-10-8-12-23(26)16-28(30)32/h7-14,17,19H,15-16,18H2,1-6H3/q+1/i1D3,18D2. The Balaban J connectivity index is 1.71. The van der Waals surface area contributed by atoms with Crippen LogP contribution >= 0.6 is 0 Å². The van der Waals surface area contributed by atoms with Gasteiger partial charge in [-0.05, 0) is 94.0 Å². The first-order chi connectivity index (χ1) is 18.2. The Kier molecular flexibility index (Phi) is 3.58. The highest BCUT2D eigenvalue weighted by atomic mass is 14.9. The van der Waals surface area contributed by atoms with Gasteiger partial charge in [-0.3, -0.25) is 0 Å². The molecule has 1 nitrogen and oxygen atoms in total. The number of aromatic nitrogens is 1. The molecule has 0 saturated carbocycles. The Hall–Kier alpha value is -3.19. The molecule has 0 atom stereocenters. The lowest BCUT2D eigenvalue weighted by Crippen LogP contribution is -2.32. The van der Waals surface area contributed by atoms with Gasteiger partial charge in [0.25, 0.3) is 0 Å². The van der Waals surface area contributed by atoms with E-state index in [-0.39, 0.29) is 11.1 Å². The lowest BCUT2D eigenvalue weighted by atomic mass is 9.83. The van der Waals surface area contributed by atoms with E-state index < -0.39 is 18.6 Å². The van der Waals surface area contributed by atoms with Crippen molar-refractivity contribution < 1.29 is 11.4 Å². The Labute approximate surface area is 211 Å². The van der Waals surface area contributed by atoms with Crippen LogP contribution in [0.3, 0.4) is 0 Å². The van der Waals surface area contributed by atoms with Crippen LogP contribution in [0.2, 0.25) is 0 Å². The molecule has 0 bridgehead atoms. The van der Waals surface area contributed by atoms with Gasteiger partial charge in [0.05, 0.1) is 5.56 Å². The summed E-state index contributed by atoms with van der Waals surface area (Å²) in [5.74, 6) is 0. The zero-order valence-electron chi connectivity index (χ0n) is 25.6. The number of fused-ring (bicyclic) bond motifs is 7. The molecule has 4 aromatic rings. The molecule has 0 amide bonds. The molecule has 0 N–H and O–H groups in total.